The zero-order valence-electron chi connectivity index (χ0n) is 12.8. The minimum Gasteiger partial charge on any atom is -0.457 e. The highest BCUT2D eigenvalue weighted by molar-refractivity contribution is 9.10. The Hall–Kier alpha value is -2.59. The first-order valence-electron chi connectivity index (χ1n) is 7.46. The van der Waals surface area contributed by atoms with Crippen LogP contribution in [0.3, 0.4) is 0 Å². The molecule has 0 heterocycles. The molecule has 0 unspecified atom stereocenters. The van der Waals surface area contributed by atoms with Crippen LogP contribution in [0, 0.1) is 0 Å². The molecule has 0 N–H and O–H groups in total. The summed E-state index contributed by atoms with van der Waals surface area (Å²) in [7, 11) is 0. The van der Waals surface area contributed by atoms with Crippen LogP contribution in [0.15, 0.2) is 83.3 Å². The predicted molar refractivity (Wildman–Crippen MR) is 96.2 cm³/mol. The summed E-state index contributed by atoms with van der Waals surface area (Å²) in [5, 5.41) is 0. The van der Waals surface area contributed by atoms with Crippen molar-refractivity contribution in [3.63, 3.8) is 0 Å². The summed E-state index contributed by atoms with van der Waals surface area (Å²) in [5.74, 6) is 1.10. The van der Waals surface area contributed by atoms with Crippen LogP contribution in [-0.4, -0.2) is 5.97 Å². The summed E-state index contributed by atoms with van der Waals surface area (Å²) in [6.45, 7) is 0.187. The number of carbonyl (C=O) groups excluding carboxylic acids is 1. The molecule has 0 radical (unpaired) electrons. The van der Waals surface area contributed by atoms with Gasteiger partial charge in [0.15, 0.2) is 0 Å². The molecule has 0 saturated heterocycles. The number of benzene rings is 3. The van der Waals surface area contributed by atoms with Gasteiger partial charge in [0.2, 0.25) is 0 Å². The van der Waals surface area contributed by atoms with E-state index in [1.807, 2.05) is 66.7 Å². The number of hydrogen-bond donors (Lipinski definition) is 0. The lowest BCUT2D eigenvalue weighted by Gasteiger charge is -2.09. The van der Waals surface area contributed by atoms with Crippen LogP contribution in [0.1, 0.15) is 15.9 Å². The van der Waals surface area contributed by atoms with Crippen LogP contribution in [0.5, 0.6) is 11.5 Å². The fourth-order valence-electron chi connectivity index (χ4n) is 2.18. The van der Waals surface area contributed by atoms with Crippen LogP contribution in [-0.2, 0) is 11.3 Å². The van der Waals surface area contributed by atoms with Gasteiger partial charge < -0.3 is 9.47 Å². The molecule has 0 fully saturated rings. The topological polar surface area (TPSA) is 35.5 Å². The molecule has 4 heteroatoms. The van der Waals surface area contributed by atoms with Gasteiger partial charge in [0.1, 0.15) is 18.1 Å². The van der Waals surface area contributed by atoms with E-state index in [0.717, 1.165) is 15.8 Å². The number of halogens is 1. The standard InChI is InChI=1S/C20H15BrO3/c21-19-12-5-4-11-18(19)20(22)23-14-15-7-6-10-17(13-15)24-16-8-2-1-3-9-16/h1-13H,14H2. The molecular formula is C20H15BrO3. The van der Waals surface area contributed by atoms with Gasteiger partial charge in [-0.3, -0.25) is 0 Å². The zero-order valence-corrected chi connectivity index (χ0v) is 14.4. The van der Waals surface area contributed by atoms with Crippen molar-refractivity contribution in [2.24, 2.45) is 0 Å². The van der Waals surface area contributed by atoms with E-state index in [0.29, 0.717) is 11.3 Å². The van der Waals surface area contributed by atoms with E-state index in [1.165, 1.54) is 0 Å². The molecule has 3 aromatic carbocycles. The monoisotopic (exact) mass is 382 g/mol. The van der Waals surface area contributed by atoms with E-state index in [-0.39, 0.29) is 12.6 Å². The molecule has 0 atom stereocenters. The maximum absolute atomic E-state index is 12.1. The molecule has 3 rings (SSSR count). The highest BCUT2D eigenvalue weighted by Gasteiger charge is 2.11. The molecule has 0 spiro atoms. The first-order valence-corrected chi connectivity index (χ1v) is 8.25. The minimum absolute atomic E-state index is 0.187. The molecule has 0 aromatic heterocycles. The number of carbonyl (C=O) groups is 1. The Labute approximate surface area is 149 Å². The summed E-state index contributed by atoms with van der Waals surface area (Å²) in [4.78, 5) is 12.1. The molecule has 0 aliphatic heterocycles. The molecule has 0 bridgehead atoms. The van der Waals surface area contributed by atoms with Gasteiger partial charge in [-0.15, -0.1) is 0 Å². The summed E-state index contributed by atoms with van der Waals surface area (Å²) in [5.41, 5.74) is 1.37. The number of esters is 1. The third kappa shape index (κ3) is 4.24. The Bertz CT molecular complexity index is 831. The third-order valence-electron chi connectivity index (χ3n) is 3.34. The number of para-hydroxylation sites is 1. The second-order valence-corrected chi connectivity index (χ2v) is 5.97. The van der Waals surface area contributed by atoms with Gasteiger partial charge >= 0.3 is 5.97 Å². The summed E-state index contributed by atoms with van der Waals surface area (Å²) in [6.07, 6.45) is 0. The quantitative estimate of drug-likeness (QED) is 0.538. The Morgan fingerprint density at radius 2 is 1.54 bits per heavy atom. The molecule has 0 amide bonds. The fourth-order valence-corrected chi connectivity index (χ4v) is 2.62. The smallest absolute Gasteiger partial charge is 0.339 e. The number of hydrogen-bond acceptors (Lipinski definition) is 3. The molecule has 24 heavy (non-hydrogen) atoms. The van der Waals surface area contributed by atoms with Crippen LogP contribution in [0.2, 0.25) is 0 Å². The van der Waals surface area contributed by atoms with Crippen LogP contribution >= 0.6 is 15.9 Å². The van der Waals surface area contributed by atoms with E-state index in [1.54, 1.807) is 12.1 Å². The molecule has 0 aliphatic carbocycles. The van der Waals surface area contributed by atoms with Crippen LogP contribution in [0.25, 0.3) is 0 Å². The summed E-state index contributed by atoms with van der Waals surface area (Å²) in [6, 6.07) is 24.2. The van der Waals surface area contributed by atoms with Crippen molar-refractivity contribution in [3.8, 4) is 11.5 Å². The third-order valence-corrected chi connectivity index (χ3v) is 4.03. The highest BCUT2D eigenvalue weighted by Crippen LogP contribution is 2.23. The second-order valence-electron chi connectivity index (χ2n) is 5.12. The Morgan fingerprint density at radius 3 is 2.33 bits per heavy atom. The number of rotatable bonds is 5. The lowest BCUT2D eigenvalue weighted by molar-refractivity contribution is 0.0471. The second kappa shape index (κ2) is 7.79. The molecule has 3 nitrogen and oxygen atoms in total. The molecule has 120 valence electrons. The average Bonchev–Trinajstić information content (AvgIpc) is 2.61. The van der Waals surface area contributed by atoms with E-state index >= 15 is 0 Å². The minimum atomic E-state index is -0.364. The van der Waals surface area contributed by atoms with Crippen molar-refractivity contribution in [2.75, 3.05) is 0 Å². The van der Waals surface area contributed by atoms with E-state index in [2.05, 4.69) is 15.9 Å². The van der Waals surface area contributed by atoms with Crippen molar-refractivity contribution in [1.82, 2.24) is 0 Å². The van der Waals surface area contributed by atoms with Crippen molar-refractivity contribution >= 4 is 21.9 Å². The zero-order chi connectivity index (χ0) is 16.8. The lowest BCUT2D eigenvalue weighted by atomic mass is 10.2. The van der Waals surface area contributed by atoms with Crippen molar-refractivity contribution in [2.45, 2.75) is 6.61 Å². The summed E-state index contributed by atoms with van der Waals surface area (Å²) < 4.78 is 11.9. The molecule has 3 aromatic rings. The molecule has 0 aliphatic rings. The van der Waals surface area contributed by atoms with Crippen molar-refractivity contribution < 1.29 is 14.3 Å². The summed E-state index contributed by atoms with van der Waals surface area (Å²) >= 11 is 3.35. The normalized spacial score (nSPS) is 10.2. The van der Waals surface area contributed by atoms with Gasteiger partial charge in [0.05, 0.1) is 5.56 Å². The Morgan fingerprint density at radius 1 is 0.833 bits per heavy atom. The maximum Gasteiger partial charge on any atom is 0.339 e. The SMILES string of the molecule is O=C(OCc1cccc(Oc2ccccc2)c1)c1ccccc1Br. The first-order chi connectivity index (χ1) is 11.7. The van der Waals surface area contributed by atoms with Crippen molar-refractivity contribution in [1.29, 1.82) is 0 Å². The van der Waals surface area contributed by atoms with E-state index in [9.17, 15) is 4.79 Å². The van der Waals surface area contributed by atoms with Gasteiger partial charge in [-0.05, 0) is 57.9 Å². The van der Waals surface area contributed by atoms with E-state index in [4.69, 9.17) is 9.47 Å². The lowest BCUT2D eigenvalue weighted by Crippen LogP contribution is -2.06. The van der Waals surface area contributed by atoms with Gasteiger partial charge in [0.25, 0.3) is 0 Å². The Balaban J connectivity index is 1.65. The van der Waals surface area contributed by atoms with Crippen LogP contribution in [0.4, 0.5) is 0 Å². The Kier molecular flexibility index (Phi) is 5.29. The fraction of sp³-hybridized carbons (Fsp3) is 0.0500. The maximum atomic E-state index is 12.1. The van der Waals surface area contributed by atoms with Gasteiger partial charge in [-0.25, -0.2) is 4.79 Å². The van der Waals surface area contributed by atoms with Gasteiger partial charge in [-0.1, -0.05) is 42.5 Å². The molecule has 0 saturated carbocycles. The predicted octanol–water partition coefficient (Wildman–Crippen LogP) is 5.60. The average molecular weight is 383 g/mol. The van der Waals surface area contributed by atoms with Gasteiger partial charge in [-0.2, -0.15) is 0 Å². The number of ether oxygens (including phenoxy) is 2. The largest absolute Gasteiger partial charge is 0.457 e. The van der Waals surface area contributed by atoms with Crippen LogP contribution < -0.4 is 4.74 Å². The van der Waals surface area contributed by atoms with E-state index < -0.39 is 0 Å². The molecular weight excluding hydrogens is 368 g/mol. The first kappa shape index (κ1) is 16.3. The van der Waals surface area contributed by atoms with Gasteiger partial charge in [0, 0.05) is 4.47 Å². The highest BCUT2D eigenvalue weighted by atomic mass is 79.9. The van der Waals surface area contributed by atoms with Crippen molar-refractivity contribution in [3.05, 3.63) is 94.5 Å².